The molecular formula is C24H24ClN3O4. The van der Waals surface area contributed by atoms with Gasteiger partial charge < -0.3 is 15.4 Å². The number of carbonyl (C=O) groups excluding carboxylic acids is 1. The van der Waals surface area contributed by atoms with Crippen LogP contribution in [-0.2, 0) is 24.2 Å². The van der Waals surface area contributed by atoms with E-state index in [9.17, 15) is 14.9 Å². The molecule has 1 amide bonds. The molecule has 2 N–H and O–H groups in total. The normalized spacial score (nSPS) is 10.4. The first kappa shape index (κ1) is 23.1. The van der Waals surface area contributed by atoms with Crippen molar-refractivity contribution in [3.8, 4) is 5.75 Å². The van der Waals surface area contributed by atoms with E-state index in [2.05, 4.69) is 10.6 Å². The standard InChI is InChI=1S/C24H24ClN3O4/c1-32-22-9-4-17(5-10-22)12-13-26-24(29)14-18-2-6-20(7-3-18)27-16-19-15-21(28(30)31)8-11-23(19)25/h2-11,15,27H,12-14,16H2,1H3,(H,26,29). The maximum Gasteiger partial charge on any atom is 0.269 e. The Kier molecular flexibility index (Phi) is 8.05. The van der Waals surface area contributed by atoms with Crippen LogP contribution in [0.15, 0.2) is 66.7 Å². The number of nitro benzene ring substituents is 1. The van der Waals surface area contributed by atoms with Crippen molar-refractivity contribution >= 4 is 28.9 Å². The van der Waals surface area contributed by atoms with Gasteiger partial charge in [0.05, 0.1) is 18.5 Å². The van der Waals surface area contributed by atoms with Gasteiger partial charge in [-0.25, -0.2) is 0 Å². The monoisotopic (exact) mass is 453 g/mol. The van der Waals surface area contributed by atoms with Gasteiger partial charge in [-0.3, -0.25) is 14.9 Å². The number of non-ortho nitro benzene ring substituents is 1. The zero-order valence-corrected chi connectivity index (χ0v) is 18.4. The molecule has 3 rings (SSSR count). The van der Waals surface area contributed by atoms with E-state index in [1.165, 1.54) is 18.2 Å². The van der Waals surface area contributed by atoms with Crippen molar-refractivity contribution < 1.29 is 14.5 Å². The van der Waals surface area contributed by atoms with Gasteiger partial charge in [-0.05, 0) is 53.4 Å². The van der Waals surface area contributed by atoms with Gasteiger partial charge in [-0.1, -0.05) is 35.9 Å². The quantitative estimate of drug-likeness (QED) is 0.340. The summed E-state index contributed by atoms with van der Waals surface area (Å²) in [5.74, 6) is 0.770. The molecule has 0 heterocycles. The lowest BCUT2D eigenvalue weighted by atomic mass is 10.1. The van der Waals surface area contributed by atoms with Crippen LogP contribution in [0, 0.1) is 10.1 Å². The zero-order valence-electron chi connectivity index (χ0n) is 17.6. The second kappa shape index (κ2) is 11.2. The summed E-state index contributed by atoms with van der Waals surface area (Å²) in [5.41, 5.74) is 3.49. The molecule has 0 fully saturated rings. The first-order valence-corrected chi connectivity index (χ1v) is 10.5. The second-order valence-corrected chi connectivity index (χ2v) is 7.62. The number of halogens is 1. The van der Waals surface area contributed by atoms with Crippen LogP contribution >= 0.6 is 11.6 Å². The van der Waals surface area contributed by atoms with E-state index in [0.717, 1.165) is 29.0 Å². The summed E-state index contributed by atoms with van der Waals surface area (Å²) in [7, 11) is 1.63. The summed E-state index contributed by atoms with van der Waals surface area (Å²) in [5, 5.41) is 17.5. The first-order valence-electron chi connectivity index (χ1n) is 10.1. The average molecular weight is 454 g/mol. The van der Waals surface area contributed by atoms with Gasteiger partial charge in [0.25, 0.3) is 5.69 Å². The largest absolute Gasteiger partial charge is 0.497 e. The number of carbonyl (C=O) groups is 1. The summed E-state index contributed by atoms with van der Waals surface area (Å²) in [6, 6.07) is 19.6. The predicted octanol–water partition coefficient (Wildman–Crippen LogP) is 4.77. The Morgan fingerprint density at radius 1 is 1.03 bits per heavy atom. The van der Waals surface area contributed by atoms with Crippen molar-refractivity contribution in [1.29, 1.82) is 0 Å². The van der Waals surface area contributed by atoms with Crippen molar-refractivity contribution in [3.63, 3.8) is 0 Å². The van der Waals surface area contributed by atoms with Gasteiger partial charge in [0.1, 0.15) is 5.75 Å². The van der Waals surface area contributed by atoms with Crippen molar-refractivity contribution in [3.05, 3.63) is 98.6 Å². The minimum Gasteiger partial charge on any atom is -0.497 e. The van der Waals surface area contributed by atoms with Gasteiger partial charge in [-0.2, -0.15) is 0 Å². The van der Waals surface area contributed by atoms with Crippen molar-refractivity contribution in [2.75, 3.05) is 19.0 Å². The van der Waals surface area contributed by atoms with Gasteiger partial charge in [0, 0.05) is 35.9 Å². The molecule has 0 unspecified atom stereocenters. The summed E-state index contributed by atoms with van der Waals surface area (Å²) >= 11 is 6.13. The van der Waals surface area contributed by atoms with E-state index in [1.807, 2.05) is 48.5 Å². The Hall–Kier alpha value is -3.58. The lowest BCUT2D eigenvalue weighted by Gasteiger charge is -2.10. The van der Waals surface area contributed by atoms with Crippen LogP contribution in [0.2, 0.25) is 5.02 Å². The fourth-order valence-electron chi connectivity index (χ4n) is 3.13. The summed E-state index contributed by atoms with van der Waals surface area (Å²) in [6.45, 7) is 0.917. The molecule has 0 spiro atoms. The number of nitro groups is 1. The molecule has 8 heteroatoms. The Bertz CT molecular complexity index is 1070. The number of rotatable bonds is 10. The minimum atomic E-state index is -0.448. The van der Waals surface area contributed by atoms with Crippen LogP contribution in [0.1, 0.15) is 16.7 Å². The fourth-order valence-corrected chi connectivity index (χ4v) is 3.32. The van der Waals surface area contributed by atoms with Gasteiger partial charge in [0.15, 0.2) is 0 Å². The van der Waals surface area contributed by atoms with Crippen LogP contribution in [0.25, 0.3) is 0 Å². The number of amides is 1. The van der Waals surface area contributed by atoms with E-state index < -0.39 is 4.92 Å². The molecule has 0 atom stereocenters. The van der Waals surface area contributed by atoms with Crippen LogP contribution in [0.4, 0.5) is 11.4 Å². The van der Waals surface area contributed by atoms with Crippen LogP contribution in [0.5, 0.6) is 5.75 Å². The van der Waals surface area contributed by atoms with E-state index in [0.29, 0.717) is 30.1 Å². The zero-order chi connectivity index (χ0) is 22.9. The fraction of sp³-hybridized carbons (Fsp3) is 0.208. The Labute approximate surface area is 191 Å². The van der Waals surface area contributed by atoms with Gasteiger partial charge in [-0.15, -0.1) is 0 Å². The van der Waals surface area contributed by atoms with E-state index >= 15 is 0 Å². The Morgan fingerprint density at radius 2 is 1.72 bits per heavy atom. The number of methoxy groups -OCH3 is 1. The molecule has 166 valence electrons. The Balaban J connectivity index is 1.45. The molecule has 0 saturated carbocycles. The SMILES string of the molecule is COc1ccc(CCNC(=O)Cc2ccc(NCc3cc([N+](=O)[O-])ccc3Cl)cc2)cc1. The number of benzene rings is 3. The molecular weight excluding hydrogens is 430 g/mol. The summed E-state index contributed by atoms with van der Waals surface area (Å²) in [6.07, 6.45) is 1.04. The third-order valence-electron chi connectivity index (χ3n) is 4.94. The number of ether oxygens (including phenoxy) is 1. The van der Waals surface area contributed by atoms with Gasteiger partial charge in [0.2, 0.25) is 5.91 Å². The molecule has 3 aromatic carbocycles. The average Bonchev–Trinajstić information content (AvgIpc) is 2.80. The molecule has 0 aliphatic heterocycles. The molecule has 7 nitrogen and oxygen atoms in total. The highest BCUT2D eigenvalue weighted by Gasteiger charge is 2.10. The highest BCUT2D eigenvalue weighted by atomic mass is 35.5. The number of hydrogen-bond acceptors (Lipinski definition) is 5. The summed E-state index contributed by atoms with van der Waals surface area (Å²) in [4.78, 5) is 22.7. The topological polar surface area (TPSA) is 93.5 Å². The van der Waals surface area contributed by atoms with Crippen LogP contribution in [-0.4, -0.2) is 24.5 Å². The highest BCUT2D eigenvalue weighted by molar-refractivity contribution is 6.31. The number of anilines is 1. The maximum atomic E-state index is 12.2. The lowest BCUT2D eigenvalue weighted by Crippen LogP contribution is -2.27. The van der Waals surface area contributed by atoms with E-state index in [1.54, 1.807) is 7.11 Å². The third kappa shape index (κ3) is 6.72. The van der Waals surface area contributed by atoms with Crippen molar-refractivity contribution in [1.82, 2.24) is 5.32 Å². The van der Waals surface area contributed by atoms with Crippen LogP contribution in [0.3, 0.4) is 0 Å². The number of nitrogens with one attached hydrogen (secondary N) is 2. The van der Waals surface area contributed by atoms with Gasteiger partial charge >= 0.3 is 0 Å². The highest BCUT2D eigenvalue weighted by Crippen LogP contribution is 2.23. The molecule has 0 aromatic heterocycles. The molecule has 0 saturated heterocycles. The molecule has 0 aliphatic rings. The number of hydrogen-bond donors (Lipinski definition) is 2. The van der Waals surface area contributed by atoms with Crippen LogP contribution < -0.4 is 15.4 Å². The lowest BCUT2D eigenvalue weighted by molar-refractivity contribution is -0.384. The maximum absolute atomic E-state index is 12.2. The first-order chi connectivity index (χ1) is 15.4. The molecule has 0 radical (unpaired) electrons. The van der Waals surface area contributed by atoms with E-state index in [-0.39, 0.29) is 11.6 Å². The molecule has 0 aliphatic carbocycles. The van der Waals surface area contributed by atoms with E-state index in [4.69, 9.17) is 16.3 Å². The molecule has 0 bridgehead atoms. The minimum absolute atomic E-state index is 0.000416. The predicted molar refractivity (Wildman–Crippen MR) is 125 cm³/mol. The number of nitrogens with zero attached hydrogens (tertiary/aromatic N) is 1. The van der Waals surface area contributed by atoms with Crippen molar-refractivity contribution in [2.24, 2.45) is 0 Å². The molecule has 3 aromatic rings. The third-order valence-corrected chi connectivity index (χ3v) is 5.31. The Morgan fingerprint density at radius 3 is 2.38 bits per heavy atom. The smallest absolute Gasteiger partial charge is 0.269 e. The molecule has 32 heavy (non-hydrogen) atoms. The second-order valence-electron chi connectivity index (χ2n) is 7.21. The summed E-state index contributed by atoms with van der Waals surface area (Å²) < 4.78 is 5.14. The van der Waals surface area contributed by atoms with Crippen molar-refractivity contribution in [2.45, 2.75) is 19.4 Å².